The number of hydrogen-bond acceptors (Lipinski definition) is 3. The van der Waals surface area contributed by atoms with E-state index >= 15 is 0 Å². The molecule has 1 aliphatic heterocycles. The molecule has 3 rings (SSSR count). The van der Waals surface area contributed by atoms with Crippen LogP contribution in [0.2, 0.25) is 0 Å². The van der Waals surface area contributed by atoms with Gasteiger partial charge < -0.3 is 0 Å². The normalized spacial score (nSPS) is 16.8. The van der Waals surface area contributed by atoms with Crippen molar-refractivity contribution in [2.24, 2.45) is 0 Å². The molecule has 0 N–H and O–H groups in total. The summed E-state index contributed by atoms with van der Waals surface area (Å²) in [4.78, 5) is 7.30. The van der Waals surface area contributed by atoms with E-state index in [2.05, 4.69) is 42.2 Å². The van der Waals surface area contributed by atoms with E-state index in [1.54, 1.807) is 0 Å². The first kappa shape index (κ1) is 12.8. The Morgan fingerprint density at radius 2 is 2.21 bits per heavy atom. The van der Waals surface area contributed by atoms with Crippen molar-refractivity contribution in [3.63, 3.8) is 0 Å². The minimum absolute atomic E-state index is 1.09. The fourth-order valence-corrected chi connectivity index (χ4v) is 3.53. The summed E-state index contributed by atoms with van der Waals surface area (Å²) in [6, 6.07) is 8.42. The number of nitrogens with zero attached hydrogens (tertiary/aromatic N) is 2. The molecule has 0 aliphatic carbocycles. The summed E-state index contributed by atoms with van der Waals surface area (Å²) in [5, 5.41) is 1.22. The van der Waals surface area contributed by atoms with E-state index in [4.69, 9.17) is 4.98 Å². The van der Waals surface area contributed by atoms with Crippen molar-refractivity contribution in [1.29, 1.82) is 0 Å². The predicted molar refractivity (Wildman–Crippen MR) is 83.6 cm³/mol. The molecule has 0 spiro atoms. The number of para-hydroxylation sites is 1. The summed E-state index contributed by atoms with van der Waals surface area (Å²) in [5.74, 6) is 0. The van der Waals surface area contributed by atoms with Crippen molar-refractivity contribution in [2.75, 3.05) is 19.6 Å². The maximum Gasteiger partial charge on any atom is 0.120 e. The zero-order chi connectivity index (χ0) is 13.1. The first-order chi connectivity index (χ1) is 9.36. The van der Waals surface area contributed by atoms with E-state index in [0.717, 1.165) is 18.5 Å². The van der Waals surface area contributed by atoms with Crippen LogP contribution in [0.5, 0.6) is 0 Å². The van der Waals surface area contributed by atoms with Crippen molar-refractivity contribution >= 4 is 27.1 Å². The molecule has 19 heavy (non-hydrogen) atoms. The average molecular weight is 272 g/mol. The molecule has 2 aromatic rings. The van der Waals surface area contributed by atoms with Crippen LogP contribution in [0, 0.1) is 0 Å². The zero-order valence-electron chi connectivity index (χ0n) is 11.4. The first-order valence-corrected chi connectivity index (χ1v) is 7.96. The highest BCUT2D eigenvalue weighted by Crippen LogP contribution is 2.30. The smallest absolute Gasteiger partial charge is 0.120 e. The maximum atomic E-state index is 4.76. The van der Waals surface area contributed by atoms with Gasteiger partial charge in [0.05, 0.1) is 10.2 Å². The highest BCUT2D eigenvalue weighted by molar-refractivity contribution is 7.19. The Hall–Kier alpha value is -1.19. The Bertz CT molecular complexity index is 552. The van der Waals surface area contributed by atoms with Gasteiger partial charge in [0.2, 0.25) is 0 Å². The lowest BCUT2D eigenvalue weighted by atomic mass is 10.1. The number of thiazole rings is 1. The van der Waals surface area contributed by atoms with Gasteiger partial charge in [-0.2, -0.15) is 0 Å². The van der Waals surface area contributed by atoms with Crippen LogP contribution in [0.15, 0.2) is 30.3 Å². The topological polar surface area (TPSA) is 16.1 Å². The molecule has 1 aromatic heterocycles. The van der Waals surface area contributed by atoms with Crippen LogP contribution in [0.4, 0.5) is 0 Å². The van der Waals surface area contributed by atoms with Crippen LogP contribution in [-0.2, 0) is 0 Å². The number of unbranched alkanes of at least 4 members (excludes halogenated alkanes) is 1. The highest BCUT2D eigenvalue weighted by atomic mass is 32.1. The zero-order valence-corrected chi connectivity index (χ0v) is 12.2. The molecular weight excluding hydrogens is 252 g/mol. The summed E-state index contributed by atoms with van der Waals surface area (Å²) < 4.78 is 1.30. The Labute approximate surface area is 118 Å². The lowest BCUT2D eigenvalue weighted by Gasteiger charge is -2.25. The van der Waals surface area contributed by atoms with Crippen molar-refractivity contribution in [2.45, 2.75) is 26.2 Å². The molecule has 0 unspecified atom stereocenters. The van der Waals surface area contributed by atoms with Gasteiger partial charge in [-0.25, -0.2) is 4.98 Å². The van der Waals surface area contributed by atoms with Crippen molar-refractivity contribution < 1.29 is 0 Å². The van der Waals surface area contributed by atoms with E-state index in [-0.39, 0.29) is 0 Å². The molecule has 0 atom stereocenters. The monoisotopic (exact) mass is 272 g/mol. The largest absolute Gasteiger partial charge is 0.299 e. The highest BCUT2D eigenvalue weighted by Gasteiger charge is 2.15. The third kappa shape index (κ3) is 2.88. The van der Waals surface area contributed by atoms with Gasteiger partial charge in [-0.15, -0.1) is 11.3 Å². The molecule has 0 radical (unpaired) electrons. The number of hydrogen-bond donors (Lipinski definition) is 0. The molecule has 0 saturated carbocycles. The Morgan fingerprint density at radius 1 is 1.32 bits per heavy atom. The molecule has 0 saturated heterocycles. The molecular formula is C16H20N2S. The van der Waals surface area contributed by atoms with Gasteiger partial charge in [0.1, 0.15) is 5.01 Å². The second-order valence-corrected chi connectivity index (χ2v) is 6.15. The fourth-order valence-electron chi connectivity index (χ4n) is 2.50. The van der Waals surface area contributed by atoms with Crippen molar-refractivity contribution in [1.82, 2.24) is 9.88 Å². The van der Waals surface area contributed by atoms with Gasteiger partial charge in [0.25, 0.3) is 0 Å². The summed E-state index contributed by atoms with van der Waals surface area (Å²) in [6.07, 6.45) is 6.11. The van der Waals surface area contributed by atoms with E-state index in [1.807, 2.05) is 11.3 Å². The van der Waals surface area contributed by atoms with Crippen molar-refractivity contribution in [3.8, 4) is 0 Å². The number of aromatic nitrogens is 1. The fraction of sp³-hybridized carbons (Fsp3) is 0.438. The van der Waals surface area contributed by atoms with Gasteiger partial charge in [0, 0.05) is 13.1 Å². The van der Waals surface area contributed by atoms with E-state index < -0.39 is 0 Å². The van der Waals surface area contributed by atoms with Gasteiger partial charge in [-0.05, 0) is 37.1 Å². The minimum atomic E-state index is 1.09. The second kappa shape index (κ2) is 5.85. The van der Waals surface area contributed by atoms with Crippen LogP contribution in [0.25, 0.3) is 15.8 Å². The van der Waals surface area contributed by atoms with Gasteiger partial charge in [-0.3, -0.25) is 4.90 Å². The van der Waals surface area contributed by atoms with Crippen molar-refractivity contribution in [3.05, 3.63) is 35.3 Å². The standard InChI is InChI=1S/C16H20N2S/c1-2-3-10-18-11-8-13(9-12-18)16-17-14-6-4-5-7-15(14)19-16/h4-8H,2-3,9-12H2,1H3. The molecule has 1 aromatic carbocycles. The summed E-state index contributed by atoms with van der Waals surface area (Å²) >= 11 is 1.82. The van der Waals surface area contributed by atoms with E-state index in [1.165, 1.54) is 41.2 Å². The lowest BCUT2D eigenvalue weighted by molar-refractivity contribution is 0.297. The lowest BCUT2D eigenvalue weighted by Crippen LogP contribution is -2.29. The number of benzene rings is 1. The molecule has 100 valence electrons. The van der Waals surface area contributed by atoms with Crippen LogP contribution < -0.4 is 0 Å². The third-order valence-electron chi connectivity index (χ3n) is 3.69. The predicted octanol–water partition coefficient (Wildman–Crippen LogP) is 4.19. The maximum absolute atomic E-state index is 4.76. The first-order valence-electron chi connectivity index (χ1n) is 7.14. The molecule has 0 bridgehead atoms. The summed E-state index contributed by atoms with van der Waals surface area (Å²) in [5.41, 5.74) is 2.57. The van der Waals surface area contributed by atoms with Gasteiger partial charge in [-0.1, -0.05) is 31.6 Å². The SMILES string of the molecule is CCCCN1CC=C(c2nc3ccccc3s2)CC1. The number of rotatable bonds is 4. The second-order valence-electron chi connectivity index (χ2n) is 5.12. The molecule has 2 nitrogen and oxygen atoms in total. The molecule has 0 fully saturated rings. The molecule has 2 heterocycles. The molecule has 1 aliphatic rings. The third-order valence-corrected chi connectivity index (χ3v) is 4.80. The Morgan fingerprint density at radius 3 is 2.95 bits per heavy atom. The van der Waals surface area contributed by atoms with Gasteiger partial charge in [0.15, 0.2) is 0 Å². The Balaban J connectivity index is 1.74. The van der Waals surface area contributed by atoms with Crippen LogP contribution >= 0.6 is 11.3 Å². The summed E-state index contributed by atoms with van der Waals surface area (Å²) in [6.45, 7) is 5.76. The number of fused-ring (bicyclic) bond motifs is 1. The van der Waals surface area contributed by atoms with Crippen LogP contribution in [-0.4, -0.2) is 29.5 Å². The van der Waals surface area contributed by atoms with Gasteiger partial charge >= 0.3 is 0 Å². The molecule has 3 heteroatoms. The average Bonchev–Trinajstić information content (AvgIpc) is 2.89. The summed E-state index contributed by atoms with van der Waals surface area (Å²) in [7, 11) is 0. The molecule has 0 amide bonds. The minimum Gasteiger partial charge on any atom is -0.299 e. The quantitative estimate of drug-likeness (QED) is 0.830. The van der Waals surface area contributed by atoms with E-state index in [9.17, 15) is 0 Å². The van der Waals surface area contributed by atoms with Crippen LogP contribution in [0.1, 0.15) is 31.2 Å². The van der Waals surface area contributed by atoms with E-state index in [0.29, 0.717) is 0 Å². The van der Waals surface area contributed by atoms with Crippen LogP contribution in [0.3, 0.4) is 0 Å². The Kier molecular flexibility index (Phi) is 3.95.